The van der Waals surface area contributed by atoms with Crippen LogP contribution >= 0.6 is 0 Å². The number of aryl methyl sites for hydroxylation is 1. The van der Waals surface area contributed by atoms with Gasteiger partial charge in [0.2, 0.25) is 5.78 Å². The van der Waals surface area contributed by atoms with Crippen LogP contribution in [0.1, 0.15) is 27.2 Å². The summed E-state index contributed by atoms with van der Waals surface area (Å²) in [5.41, 5.74) is 2.95. The maximum atomic E-state index is 13.0. The van der Waals surface area contributed by atoms with Gasteiger partial charge in [0.25, 0.3) is 0 Å². The number of hydrogen-bond acceptors (Lipinski definition) is 5. The summed E-state index contributed by atoms with van der Waals surface area (Å²) >= 11 is 0. The van der Waals surface area contributed by atoms with Gasteiger partial charge < -0.3 is 23.9 Å². The highest BCUT2D eigenvalue weighted by Gasteiger charge is 2.14. The first-order valence-electron chi connectivity index (χ1n) is 9.95. The quantitative estimate of drug-likeness (QED) is 0.480. The van der Waals surface area contributed by atoms with Crippen LogP contribution in [-0.2, 0) is 11.3 Å². The summed E-state index contributed by atoms with van der Waals surface area (Å²) in [7, 11) is 3.12. The van der Waals surface area contributed by atoms with Crippen LogP contribution in [-0.4, -0.2) is 42.3 Å². The van der Waals surface area contributed by atoms with Gasteiger partial charge in [0, 0.05) is 24.4 Å². The lowest BCUT2D eigenvalue weighted by Gasteiger charge is -2.08. The zero-order valence-electron chi connectivity index (χ0n) is 18.2. The molecule has 0 aliphatic heterocycles. The normalized spacial score (nSPS) is 10.8. The molecule has 0 bridgehead atoms. The van der Waals surface area contributed by atoms with Crippen LogP contribution in [0.15, 0.2) is 60.8 Å². The first-order valence-corrected chi connectivity index (χ1v) is 9.95. The molecule has 1 heterocycles. The molecule has 7 nitrogen and oxygen atoms in total. The zero-order valence-corrected chi connectivity index (χ0v) is 18.2. The van der Waals surface area contributed by atoms with Gasteiger partial charge in [-0.1, -0.05) is 12.2 Å². The van der Waals surface area contributed by atoms with Crippen molar-refractivity contribution in [3.8, 4) is 17.2 Å². The van der Waals surface area contributed by atoms with Crippen molar-refractivity contribution in [1.29, 1.82) is 0 Å². The van der Waals surface area contributed by atoms with E-state index < -0.39 is 12.6 Å². The average molecular weight is 435 g/mol. The molecule has 1 N–H and O–H groups in total. The summed E-state index contributed by atoms with van der Waals surface area (Å²) in [6.07, 6.45) is 5.71. The first kappa shape index (κ1) is 22.7. The van der Waals surface area contributed by atoms with Crippen molar-refractivity contribution in [2.45, 2.75) is 13.5 Å². The monoisotopic (exact) mass is 435 g/mol. The Morgan fingerprint density at radius 3 is 2.31 bits per heavy atom. The van der Waals surface area contributed by atoms with Gasteiger partial charge in [-0.25, -0.2) is 4.79 Å². The van der Waals surface area contributed by atoms with Crippen LogP contribution < -0.4 is 14.2 Å². The molecule has 3 aromatic rings. The molecule has 0 aliphatic carbocycles. The summed E-state index contributed by atoms with van der Waals surface area (Å²) in [6.45, 7) is 1.99. The number of benzene rings is 2. The summed E-state index contributed by atoms with van der Waals surface area (Å²) in [6, 6.07) is 14.1. The minimum absolute atomic E-state index is 0.0695. The number of ether oxygens (including phenoxy) is 3. The maximum Gasteiger partial charge on any atom is 0.341 e. The van der Waals surface area contributed by atoms with Crippen molar-refractivity contribution in [2.75, 3.05) is 20.8 Å². The molecule has 2 aromatic carbocycles. The number of carbonyl (C=O) groups excluding carboxylic acids is 1. The molecule has 1 aromatic heterocycles. The number of carbonyl (C=O) groups is 2. The highest BCUT2D eigenvalue weighted by Crippen LogP contribution is 2.24. The number of methoxy groups -OCH3 is 2. The van der Waals surface area contributed by atoms with E-state index in [0.717, 1.165) is 11.1 Å². The van der Waals surface area contributed by atoms with E-state index in [1.54, 1.807) is 43.5 Å². The SMILES string of the molecule is COc1ccc(C(=O)c2cc(C)cn2C/C=C/c2cc(OC)cc(OCC(=O)O)c2)cc1. The number of allylic oxidation sites excluding steroid dienone is 1. The lowest BCUT2D eigenvalue weighted by atomic mass is 10.1. The van der Waals surface area contributed by atoms with E-state index in [4.69, 9.17) is 19.3 Å². The van der Waals surface area contributed by atoms with Crippen LogP contribution in [0.3, 0.4) is 0 Å². The zero-order chi connectivity index (χ0) is 23.1. The lowest BCUT2D eigenvalue weighted by molar-refractivity contribution is -0.139. The Balaban J connectivity index is 1.78. The molecule has 166 valence electrons. The number of carboxylic acid groups (broad SMARTS) is 1. The van der Waals surface area contributed by atoms with E-state index in [-0.39, 0.29) is 5.78 Å². The molecule has 0 unspecified atom stereocenters. The second kappa shape index (κ2) is 10.3. The third-order valence-electron chi connectivity index (χ3n) is 4.73. The second-order valence-corrected chi connectivity index (χ2v) is 7.14. The van der Waals surface area contributed by atoms with Crippen molar-refractivity contribution >= 4 is 17.8 Å². The number of aromatic nitrogens is 1. The summed E-state index contributed by atoms with van der Waals surface area (Å²) in [5, 5.41) is 8.81. The molecule has 0 atom stereocenters. The summed E-state index contributed by atoms with van der Waals surface area (Å²) in [4.78, 5) is 23.8. The number of hydrogen-bond donors (Lipinski definition) is 1. The number of ketones is 1. The van der Waals surface area contributed by atoms with E-state index in [1.165, 1.54) is 7.11 Å². The molecule has 0 saturated carbocycles. The number of rotatable bonds is 10. The largest absolute Gasteiger partial charge is 0.497 e. The van der Waals surface area contributed by atoms with Gasteiger partial charge in [0.05, 0.1) is 19.9 Å². The van der Waals surface area contributed by atoms with Crippen molar-refractivity contribution in [2.24, 2.45) is 0 Å². The topological polar surface area (TPSA) is 87.0 Å². The Kier molecular flexibility index (Phi) is 7.33. The van der Waals surface area contributed by atoms with Crippen LogP contribution in [0.25, 0.3) is 6.08 Å². The number of aliphatic carboxylic acids is 1. The van der Waals surface area contributed by atoms with Gasteiger partial charge in [0.15, 0.2) is 6.61 Å². The molecule has 32 heavy (non-hydrogen) atoms. The minimum atomic E-state index is -1.05. The molecule has 7 heteroatoms. The van der Waals surface area contributed by atoms with E-state index in [9.17, 15) is 9.59 Å². The van der Waals surface area contributed by atoms with Crippen molar-refractivity contribution < 1.29 is 28.9 Å². The molecule has 0 fully saturated rings. The summed E-state index contributed by atoms with van der Waals surface area (Å²) < 4.78 is 17.6. The van der Waals surface area contributed by atoms with Gasteiger partial charge in [-0.2, -0.15) is 0 Å². The van der Waals surface area contributed by atoms with Crippen LogP contribution in [0.5, 0.6) is 17.2 Å². The highest BCUT2D eigenvalue weighted by molar-refractivity contribution is 6.08. The Morgan fingerprint density at radius 1 is 0.969 bits per heavy atom. The van der Waals surface area contributed by atoms with Gasteiger partial charge >= 0.3 is 5.97 Å². The number of carboxylic acids is 1. The van der Waals surface area contributed by atoms with Crippen LogP contribution in [0, 0.1) is 6.92 Å². The van der Waals surface area contributed by atoms with E-state index in [2.05, 4.69) is 0 Å². The molecular weight excluding hydrogens is 410 g/mol. The third-order valence-corrected chi connectivity index (χ3v) is 4.73. The van der Waals surface area contributed by atoms with E-state index in [1.807, 2.05) is 42.0 Å². The molecule has 0 saturated heterocycles. The molecule has 0 spiro atoms. The second-order valence-electron chi connectivity index (χ2n) is 7.14. The average Bonchev–Trinajstić information content (AvgIpc) is 3.17. The lowest BCUT2D eigenvalue weighted by Crippen LogP contribution is -2.09. The predicted octanol–water partition coefficient (Wildman–Crippen LogP) is 4.22. The van der Waals surface area contributed by atoms with Crippen molar-refractivity contribution in [3.63, 3.8) is 0 Å². The summed E-state index contributed by atoms with van der Waals surface area (Å²) in [5.74, 6) is 0.529. The van der Waals surface area contributed by atoms with Gasteiger partial charge in [-0.3, -0.25) is 4.79 Å². The molecule has 0 amide bonds. The number of nitrogens with zero attached hydrogens (tertiary/aromatic N) is 1. The third kappa shape index (κ3) is 5.78. The standard InChI is InChI=1S/C25H25NO6/c1-17-11-23(25(29)19-6-8-20(30-2)9-7-19)26(15-17)10-4-5-18-12-21(31-3)14-22(13-18)32-16-24(27)28/h4-9,11-15H,10,16H2,1-3H3,(H,27,28)/b5-4+. The fourth-order valence-electron chi connectivity index (χ4n) is 3.23. The van der Waals surface area contributed by atoms with Crippen molar-refractivity contribution in [3.05, 3.63) is 83.2 Å². The van der Waals surface area contributed by atoms with Crippen molar-refractivity contribution in [1.82, 2.24) is 4.57 Å². The van der Waals surface area contributed by atoms with Crippen LogP contribution in [0.2, 0.25) is 0 Å². The Morgan fingerprint density at radius 2 is 1.66 bits per heavy atom. The molecule has 0 aliphatic rings. The van der Waals surface area contributed by atoms with Gasteiger partial charge in [0.1, 0.15) is 17.2 Å². The molecule has 3 rings (SSSR count). The minimum Gasteiger partial charge on any atom is -0.497 e. The van der Waals surface area contributed by atoms with E-state index >= 15 is 0 Å². The Labute approximate surface area is 186 Å². The molecule has 0 radical (unpaired) electrons. The fraction of sp³-hybridized carbons (Fsp3) is 0.200. The predicted molar refractivity (Wildman–Crippen MR) is 121 cm³/mol. The van der Waals surface area contributed by atoms with Gasteiger partial charge in [-0.15, -0.1) is 0 Å². The maximum absolute atomic E-state index is 13.0. The Bertz CT molecular complexity index is 1130. The van der Waals surface area contributed by atoms with Crippen LogP contribution in [0.4, 0.5) is 0 Å². The fourth-order valence-corrected chi connectivity index (χ4v) is 3.23. The van der Waals surface area contributed by atoms with E-state index in [0.29, 0.717) is 35.1 Å². The highest BCUT2D eigenvalue weighted by atomic mass is 16.5. The smallest absolute Gasteiger partial charge is 0.341 e. The molecular formula is C25H25NO6. The first-order chi connectivity index (χ1) is 15.4. The Hall–Kier alpha value is -4.00. The van der Waals surface area contributed by atoms with Gasteiger partial charge in [-0.05, 0) is 60.5 Å².